The zero-order valence-corrected chi connectivity index (χ0v) is 8.23. The molecule has 4 nitrogen and oxygen atoms in total. The van der Waals surface area contributed by atoms with Crippen LogP contribution in [0.4, 0.5) is 10.3 Å². The highest BCUT2D eigenvalue weighted by molar-refractivity contribution is 5.34. The number of halogens is 1. The topological polar surface area (TPSA) is 52.8 Å². The molecule has 1 aromatic rings. The van der Waals surface area contributed by atoms with Gasteiger partial charge in [0.05, 0.1) is 6.67 Å². The first-order valence-electron chi connectivity index (χ1n) is 4.87. The van der Waals surface area contributed by atoms with Crippen LogP contribution in [0.25, 0.3) is 0 Å². The molecule has 0 N–H and O–H groups in total. The first-order chi connectivity index (χ1) is 7.33. The largest absolute Gasteiger partial charge is 0.340 e. The van der Waals surface area contributed by atoms with Crippen LogP contribution in [0.5, 0.6) is 0 Å². The number of alkyl halides is 1. The molecular weight excluding hydrogens is 195 g/mol. The molecule has 0 aromatic carbocycles. The number of aromatic nitrogens is 2. The molecule has 2 rings (SSSR count). The van der Waals surface area contributed by atoms with Gasteiger partial charge in [0.2, 0.25) is 5.95 Å². The molecule has 5 heteroatoms. The first-order valence-corrected chi connectivity index (χ1v) is 4.87. The normalized spacial score (nSPS) is 20.3. The van der Waals surface area contributed by atoms with Gasteiger partial charge >= 0.3 is 0 Å². The van der Waals surface area contributed by atoms with Gasteiger partial charge in [0, 0.05) is 25.2 Å². The lowest BCUT2D eigenvalue weighted by molar-refractivity contribution is 0.384. The predicted molar refractivity (Wildman–Crippen MR) is 53.0 cm³/mol. The van der Waals surface area contributed by atoms with E-state index in [0.717, 1.165) is 13.0 Å². The summed E-state index contributed by atoms with van der Waals surface area (Å²) in [5.41, 5.74) is 0.351. The van der Waals surface area contributed by atoms with Crippen LogP contribution in [-0.4, -0.2) is 29.7 Å². The zero-order chi connectivity index (χ0) is 10.7. The van der Waals surface area contributed by atoms with E-state index in [4.69, 9.17) is 5.26 Å². The number of hydrogen-bond acceptors (Lipinski definition) is 4. The summed E-state index contributed by atoms with van der Waals surface area (Å²) in [7, 11) is 0. The van der Waals surface area contributed by atoms with Crippen molar-refractivity contribution in [2.24, 2.45) is 5.92 Å². The summed E-state index contributed by atoms with van der Waals surface area (Å²) in [6, 6.07) is 3.53. The molecule has 2 heterocycles. The highest BCUT2D eigenvalue weighted by Crippen LogP contribution is 2.20. The predicted octanol–water partition coefficient (Wildman–Crippen LogP) is 1.14. The van der Waals surface area contributed by atoms with Gasteiger partial charge in [-0.3, -0.25) is 4.39 Å². The third-order valence-electron chi connectivity index (χ3n) is 2.54. The first kappa shape index (κ1) is 9.84. The molecule has 1 aromatic heterocycles. The van der Waals surface area contributed by atoms with Crippen molar-refractivity contribution in [1.82, 2.24) is 9.97 Å². The van der Waals surface area contributed by atoms with Gasteiger partial charge < -0.3 is 4.90 Å². The van der Waals surface area contributed by atoms with Crippen LogP contribution in [-0.2, 0) is 0 Å². The van der Waals surface area contributed by atoms with Crippen molar-refractivity contribution in [3.8, 4) is 6.07 Å². The van der Waals surface area contributed by atoms with Gasteiger partial charge in [-0.15, -0.1) is 0 Å². The molecule has 15 heavy (non-hydrogen) atoms. The lowest BCUT2D eigenvalue weighted by Gasteiger charge is -2.15. The van der Waals surface area contributed by atoms with Gasteiger partial charge in [-0.25, -0.2) is 9.97 Å². The van der Waals surface area contributed by atoms with Crippen molar-refractivity contribution in [2.45, 2.75) is 6.42 Å². The summed E-state index contributed by atoms with van der Waals surface area (Å²) in [5.74, 6) is 0.615. The number of hydrogen-bond donors (Lipinski definition) is 0. The molecule has 0 radical (unpaired) electrons. The fourth-order valence-electron chi connectivity index (χ4n) is 1.70. The molecule has 1 aliphatic heterocycles. The van der Waals surface area contributed by atoms with E-state index in [9.17, 15) is 4.39 Å². The molecule has 0 aliphatic carbocycles. The van der Waals surface area contributed by atoms with E-state index in [-0.39, 0.29) is 12.6 Å². The average molecular weight is 206 g/mol. The van der Waals surface area contributed by atoms with E-state index >= 15 is 0 Å². The van der Waals surface area contributed by atoms with Crippen molar-refractivity contribution < 1.29 is 4.39 Å². The van der Waals surface area contributed by atoms with Gasteiger partial charge in [0.15, 0.2) is 0 Å². The molecule has 78 valence electrons. The molecule has 0 amide bonds. The second kappa shape index (κ2) is 4.22. The minimum absolute atomic E-state index is 0.0827. The van der Waals surface area contributed by atoms with Gasteiger partial charge in [-0.2, -0.15) is 5.26 Å². The summed E-state index contributed by atoms with van der Waals surface area (Å²) in [6.45, 7) is 1.11. The Bertz CT molecular complexity index is 387. The summed E-state index contributed by atoms with van der Waals surface area (Å²) >= 11 is 0. The fourth-order valence-corrected chi connectivity index (χ4v) is 1.70. The number of anilines is 1. The molecule has 1 aliphatic rings. The van der Waals surface area contributed by atoms with Crippen LogP contribution < -0.4 is 4.90 Å². The Morgan fingerprint density at radius 3 is 3.20 bits per heavy atom. The third-order valence-corrected chi connectivity index (χ3v) is 2.54. The molecule has 0 saturated carbocycles. The van der Waals surface area contributed by atoms with Crippen molar-refractivity contribution in [1.29, 1.82) is 5.26 Å². The molecular formula is C10H11FN4. The SMILES string of the molecule is N#Cc1ccnc(N2CCC(CF)C2)n1. The van der Waals surface area contributed by atoms with E-state index in [1.54, 1.807) is 12.3 Å². The zero-order valence-electron chi connectivity index (χ0n) is 8.23. The van der Waals surface area contributed by atoms with Gasteiger partial charge in [-0.1, -0.05) is 0 Å². The van der Waals surface area contributed by atoms with E-state index in [1.165, 1.54) is 0 Å². The maximum absolute atomic E-state index is 12.4. The number of nitrogens with zero attached hydrogens (tertiary/aromatic N) is 4. The average Bonchev–Trinajstić information content (AvgIpc) is 2.78. The highest BCUT2D eigenvalue weighted by Gasteiger charge is 2.24. The maximum atomic E-state index is 12.4. The summed E-state index contributed by atoms with van der Waals surface area (Å²) in [6.07, 6.45) is 2.39. The summed E-state index contributed by atoms with van der Waals surface area (Å²) < 4.78 is 12.4. The van der Waals surface area contributed by atoms with E-state index in [1.807, 2.05) is 11.0 Å². The molecule has 1 atom stereocenters. The van der Waals surface area contributed by atoms with Crippen LogP contribution in [0.1, 0.15) is 12.1 Å². The van der Waals surface area contributed by atoms with Crippen molar-refractivity contribution in [2.75, 3.05) is 24.7 Å². The summed E-state index contributed by atoms with van der Waals surface area (Å²) in [4.78, 5) is 10.1. The van der Waals surface area contributed by atoms with Crippen molar-refractivity contribution in [3.63, 3.8) is 0 Å². The van der Waals surface area contributed by atoms with Crippen LogP contribution >= 0.6 is 0 Å². The molecule has 1 unspecified atom stereocenters. The Kier molecular flexibility index (Phi) is 2.77. The third kappa shape index (κ3) is 2.04. The second-order valence-corrected chi connectivity index (χ2v) is 3.61. The fraction of sp³-hybridized carbons (Fsp3) is 0.500. The van der Waals surface area contributed by atoms with E-state index < -0.39 is 0 Å². The monoisotopic (exact) mass is 206 g/mol. The maximum Gasteiger partial charge on any atom is 0.226 e. The molecule has 1 fully saturated rings. The summed E-state index contributed by atoms with van der Waals surface area (Å²) in [5, 5.41) is 8.68. The van der Waals surface area contributed by atoms with Gasteiger partial charge in [0.1, 0.15) is 11.8 Å². The van der Waals surface area contributed by atoms with Crippen LogP contribution in [0.15, 0.2) is 12.3 Å². The van der Waals surface area contributed by atoms with E-state index in [0.29, 0.717) is 18.2 Å². The molecule has 0 spiro atoms. The van der Waals surface area contributed by atoms with E-state index in [2.05, 4.69) is 9.97 Å². The van der Waals surface area contributed by atoms with Crippen molar-refractivity contribution in [3.05, 3.63) is 18.0 Å². The Balaban J connectivity index is 2.14. The van der Waals surface area contributed by atoms with Gasteiger partial charge in [0.25, 0.3) is 0 Å². The van der Waals surface area contributed by atoms with Crippen molar-refractivity contribution >= 4 is 5.95 Å². The highest BCUT2D eigenvalue weighted by atomic mass is 19.1. The Morgan fingerprint density at radius 2 is 2.53 bits per heavy atom. The second-order valence-electron chi connectivity index (χ2n) is 3.61. The van der Waals surface area contributed by atoms with Crippen LogP contribution in [0.2, 0.25) is 0 Å². The van der Waals surface area contributed by atoms with Crippen LogP contribution in [0.3, 0.4) is 0 Å². The Morgan fingerprint density at radius 1 is 1.67 bits per heavy atom. The number of rotatable bonds is 2. The smallest absolute Gasteiger partial charge is 0.226 e. The lowest BCUT2D eigenvalue weighted by atomic mass is 10.1. The minimum atomic E-state index is -0.297. The number of nitriles is 1. The molecule has 0 bridgehead atoms. The Labute approximate surface area is 87.4 Å². The molecule has 1 saturated heterocycles. The lowest BCUT2D eigenvalue weighted by Crippen LogP contribution is -2.22. The van der Waals surface area contributed by atoms with Gasteiger partial charge in [-0.05, 0) is 12.5 Å². The minimum Gasteiger partial charge on any atom is -0.340 e. The standard InChI is InChI=1S/C10H11FN4/c11-5-8-2-4-15(7-8)10-13-3-1-9(6-12)14-10/h1,3,8H,2,4-5,7H2. The quantitative estimate of drug-likeness (QED) is 0.728. The Hall–Kier alpha value is -1.70. The van der Waals surface area contributed by atoms with Crippen LogP contribution in [0, 0.1) is 17.2 Å².